The molecule has 1 heterocycles. The number of hydrogen-bond donors (Lipinski definition) is 1. The number of ether oxygens (including phenoxy) is 1. The standard InChI is InChI=1S/C12H24N2O4S/c1-11(2,3)18-10(15)14-7-6-9(19(13,16)17)8-12(14,4)5/h9H,6-8H2,1-5H3,(H2,13,16,17). The molecule has 0 spiro atoms. The Morgan fingerprint density at radius 2 is 1.89 bits per heavy atom. The van der Waals surface area contributed by atoms with Gasteiger partial charge in [-0.3, -0.25) is 0 Å². The first-order valence-corrected chi connectivity index (χ1v) is 7.96. The first kappa shape index (κ1) is 16.2. The second-order valence-electron chi connectivity index (χ2n) is 6.65. The third-order valence-corrected chi connectivity index (χ3v) is 4.54. The van der Waals surface area contributed by atoms with E-state index in [9.17, 15) is 13.2 Å². The molecule has 0 aliphatic carbocycles. The van der Waals surface area contributed by atoms with Gasteiger partial charge in [0.25, 0.3) is 0 Å². The molecule has 0 aromatic rings. The lowest BCUT2D eigenvalue weighted by Crippen LogP contribution is -2.57. The number of nitrogens with two attached hydrogens (primary N) is 1. The molecule has 1 atom stereocenters. The largest absolute Gasteiger partial charge is 0.444 e. The molecule has 1 amide bonds. The fourth-order valence-electron chi connectivity index (χ4n) is 2.28. The highest BCUT2D eigenvalue weighted by Gasteiger charge is 2.42. The van der Waals surface area contributed by atoms with Crippen molar-refractivity contribution >= 4 is 16.1 Å². The minimum absolute atomic E-state index is 0.324. The van der Waals surface area contributed by atoms with Crippen molar-refractivity contribution < 1.29 is 17.9 Å². The normalized spacial score (nSPS) is 24.1. The number of primary sulfonamides is 1. The number of hydrogen-bond acceptors (Lipinski definition) is 4. The third-order valence-electron chi connectivity index (χ3n) is 3.21. The molecule has 1 aliphatic rings. The van der Waals surface area contributed by atoms with E-state index in [1.54, 1.807) is 25.7 Å². The molecule has 1 saturated heterocycles. The topological polar surface area (TPSA) is 89.7 Å². The van der Waals surface area contributed by atoms with E-state index in [0.29, 0.717) is 19.4 Å². The molecule has 2 N–H and O–H groups in total. The Hall–Kier alpha value is -0.820. The van der Waals surface area contributed by atoms with Gasteiger partial charge in [0.05, 0.1) is 5.25 Å². The van der Waals surface area contributed by atoms with Crippen LogP contribution in [0.25, 0.3) is 0 Å². The Kier molecular flexibility index (Phi) is 4.22. The average Bonchev–Trinajstić information content (AvgIpc) is 2.10. The van der Waals surface area contributed by atoms with E-state index in [0.717, 1.165) is 0 Å². The molecular weight excluding hydrogens is 268 g/mol. The molecule has 6 nitrogen and oxygen atoms in total. The SMILES string of the molecule is CC(C)(C)OC(=O)N1CCC(S(N)(=O)=O)CC1(C)C. The van der Waals surface area contributed by atoms with Crippen molar-refractivity contribution in [2.45, 2.75) is 63.9 Å². The minimum Gasteiger partial charge on any atom is -0.444 e. The van der Waals surface area contributed by atoms with E-state index in [4.69, 9.17) is 9.88 Å². The Morgan fingerprint density at radius 3 is 2.26 bits per heavy atom. The first-order valence-electron chi connectivity index (χ1n) is 6.35. The molecule has 0 saturated carbocycles. The average molecular weight is 292 g/mol. The highest BCUT2D eigenvalue weighted by Crippen LogP contribution is 2.31. The van der Waals surface area contributed by atoms with Crippen molar-refractivity contribution in [3.05, 3.63) is 0 Å². The minimum atomic E-state index is -3.56. The quantitative estimate of drug-likeness (QED) is 0.792. The second kappa shape index (κ2) is 4.94. The summed E-state index contributed by atoms with van der Waals surface area (Å²) in [7, 11) is -3.56. The third kappa shape index (κ3) is 4.35. The van der Waals surface area contributed by atoms with Crippen molar-refractivity contribution in [1.82, 2.24) is 4.90 Å². The molecule has 112 valence electrons. The van der Waals surface area contributed by atoms with E-state index in [2.05, 4.69) is 0 Å². The fraction of sp³-hybridized carbons (Fsp3) is 0.917. The van der Waals surface area contributed by atoms with Gasteiger partial charge >= 0.3 is 6.09 Å². The number of carbonyl (C=O) groups excluding carboxylic acids is 1. The monoisotopic (exact) mass is 292 g/mol. The molecule has 0 aromatic carbocycles. The molecule has 0 bridgehead atoms. The maximum absolute atomic E-state index is 12.1. The number of sulfonamides is 1. The summed E-state index contributed by atoms with van der Waals surface area (Å²) in [5, 5.41) is 4.60. The zero-order valence-electron chi connectivity index (χ0n) is 12.3. The molecule has 0 aromatic heterocycles. The predicted molar refractivity (Wildman–Crippen MR) is 73.1 cm³/mol. The summed E-state index contributed by atoms with van der Waals surface area (Å²) in [5.41, 5.74) is -1.15. The van der Waals surface area contributed by atoms with Crippen LogP contribution in [0.15, 0.2) is 0 Å². The second-order valence-corrected chi connectivity index (χ2v) is 8.49. The lowest BCUT2D eigenvalue weighted by Gasteiger charge is -2.44. The molecule has 1 rings (SSSR count). The van der Waals surface area contributed by atoms with Gasteiger partial charge in [0, 0.05) is 12.1 Å². The Labute approximate surface area is 115 Å². The number of nitrogens with zero attached hydrogens (tertiary/aromatic N) is 1. The Bertz CT molecular complexity index is 451. The summed E-state index contributed by atoms with van der Waals surface area (Å²) in [6, 6.07) is 0. The van der Waals surface area contributed by atoms with E-state index in [1.807, 2.05) is 13.8 Å². The Balaban J connectivity index is 2.83. The molecular formula is C12H24N2O4S. The molecule has 0 radical (unpaired) electrons. The van der Waals surface area contributed by atoms with Gasteiger partial charge in [-0.2, -0.15) is 0 Å². The summed E-state index contributed by atoms with van der Waals surface area (Å²) in [4.78, 5) is 13.7. The molecule has 1 aliphatic heterocycles. The zero-order chi connectivity index (χ0) is 15.1. The van der Waals surface area contributed by atoms with E-state index in [1.165, 1.54) is 0 Å². The van der Waals surface area contributed by atoms with Gasteiger partial charge in [0.15, 0.2) is 0 Å². The number of rotatable bonds is 1. The lowest BCUT2D eigenvalue weighted by molar-refractivity contribution is -0.00596. The van der Waals surface area contributed by atoms with Crippen LogP contribution in [0.5, 0.6) is 0 Å². The lowest BCUT2D eigenvalue weighted by atomic mass is 9.90. The van der Waals surface area contributed by atoms with Gasteiger partial charge < -0.3 is 9.64 Å². The van der Waals surface area contributed by atoms with Crippen LogP contribution in [0.1, 0.15) is 47.5 Å². The number of likely N-dealkylation sites (tertiary alicyclic amines) is 1. The summed E-state index contributed by atoms with van der Waals surface area (Å²) < 4.78 is 28.2. The van der Waals surface area contributed by atoms with Crippen LogP contribution in [0.4, 0.5) is 4.79 Å². The van der Waals surface area contributed by atoms with Crippen LogP contribution < -0.4 is 5.14 Å². The summed E-state index contributed by atoms with van der Waals surface area (Å²) in [6.45, 7) is 9.39. The van der Waals surface area contributed by atoms with E-state index in [-0.39, 0.29) is 0 Å². The maximum Gasteiger partial charge on any atom is 0.410 e. The van der Waals surface area contributed by atoms with Gasteiger partial charge in [-0.1, -0.05) is 0 Å². The van der Waals surface area contributed by atoms with Crippen molar-refractivity contribution in [2.24, 2.45) is 5.14 Å². The summed E-state index contributed by atoms with van der Waals surface area (Å²) >= 11 is 0. The first-order chi connectivity index (χ1) is 8.33. The highest BCUT2D eigenvalue weighted by molar-refractivity contribution is 7.89. The van der Waals surface area contributed by atoms with Gasteiger partial charge in [-0.25, -0.2) is 18.4 Å². The van der Waals surface area contributed by atoms with Crippen LogP contribution in [0.3, 0.4) is 0 Å². The number of piperidine rings is 1. The highest BCUT2D eigenvalue weighted by atomic mass is 32.2. The van der Waals surface area contributed by atoms with Crippen LogP contribution in [-0.2, 0) is 14.8 Å². The van der Waals surface area contributed by atoms with Crippen LogP contribution in [0, 0.1) is 0 Å². The maximum atomic E-state index is 12.1. The Morgan fingerprint density at radius 1 is 1.37 bits per heavy atom. The number of carbonyl (C=O) groups is 1. The molecule has 1 unspecified atom stereocenters. The predicted octanol–water partition coefficient (Wildman–Crippen LogP) is 1.45. The zero-order valence-corrected chi connectivity index (χ0v) is 13.1. The van der Waals surface area contributed by atoms with E-state index >= 15 is 0 Å². The van der Waals surface area contributed by atoms with Crippen molar-refractivity contribution in [3.8, 4) is 0 Å². The molecule has 19 heavy (non-hydrogen) atoms. The molecule has 1 fully saturated rings. The van der Waals surface area contributed by atoms with Crippen molar-refractivity contribution in [3.63, 3.8) is 0 Å². The molecule has 7 heteroatoms. The smallest absolute Gasteiger partial charge is 0.410 e. The van der Waals surface area contributed by atoms with Gasteiger partial charge in [-0.05, 0) is 47.5 Å². The number of amides is 1. The summed E-state index contributed by atoms with van der Waals surface area (Å²) in [5.74, 6) is 0. The van der Waals surface area contributed by atoms with Crippen molar-refractivity contribution in [2.75, 3.05) is 6.54 Å². The van der Waals surface area contributed by atoms with Crippen LogP contribution in [0.2, 0.25) is 0 Å². The van der Waals surface area contributed by atoms with E-state index < -0.39 is 32.5 Å². The van der Waals surface area contributed by atoms with Gasteiger partial charge in [-0.15, -0.1) is 0 Å². The summed E-state index contributed by atoms with van der Waals surface area (Å²) in [6.07, 6.45) is 0.262. The fourth-order valence-corrected chi connectivity index (χ4v) is 3.36. The van der Waals surface area contributed by atoms with Gasteiger partial charge in [0.2, 0.25) is 10.0 Å². The van der Waals surface area contributed by atoms with Gasteiger partial charge in [0.1, 0.15) is 5.60 Å². The van der Waals surface area contributed by atoms with Crippen LogP contribution >= 0.6 is 0 Å². The van der Waals surface area contributed by atoms with Crippen molar-refractivity contribution in [1.29, 1.82) is 0 Å². The van der Waals surface area contributed by atoms with Crippen LogP contribution in [-0.4, -0.2) is 42.3 Å².